The third kappa shape index (κ3) is 10.2. The molecule has 0 aliphatic carbocycles. The number of benzene rings is 1. The number of ether oxygens (including phenoxy) is 1. The Morgan fingerprint density at radius 3 is 1.94 bits per heavy atom. The lowest BCUT2D eigenvalue weighted by molar-refractivity contribution is -0.445. The topological polar surface area (TPSA) is 69.4 Å². The van der Waals surface area contributed by atoms with E-state index in [2.05, 4.69) is 4.74 Å². The molecule has 0 saturated heterocycles. The Labute approximate surface area is 95.2 Å². The maximum absolute atomic E-state index is 10.8. The Hall–Kier alpha value is -1.91. The van der Waals surface area contributed by atoms with Gasteiger partial charge in [-0.3, -0.25) is 10.1 Å². The highest BCUT2D eigenvalue weighted by molar-refractivity contribution is 5.89. The quantitative estimate of drug-likeness (QED) is 0.419. The molecule has 0 aliphatic rings. The molecule has 5 nitrogen and oxygen atoms in total. The lowest BCUT2D eigenvalue weighted by Crippen LogP contribution is -1.99. The van der Waals surface area contributed by atoms with E-state index in [1.807, 2.05) is 19.9 Å². The summed E-state index contributed by atoms with van der Waals surface area (Å²) in [6, 6.07) is 8.88. The normalized spacial score (nSPS) is 7.50. The fourth-order valence-electron chi connectivity index (χ4n) is 0.692. The third-order valence-corrected chi connectivity index (χ3v) is 1.19. The Morgan fingerprint density at radius 1 is 1.25 bits per heavy atom. The molecular weight excluding hydrogens is 210 g/mol. The first kappa shape index (κ1) is 16.5. The standard InChI is InChI=1S/C8H8O2.C2H6.CH3NO2/c1-10-8(9)7-5-3-2-4-6-7;1-2;1-2(3)4/h2-6H,1H3;1-2H3;1H3. The van der Waals surface area contributed by atoms with E-state index >= 15 is 0 Å². The van der Waals surface area contributed by atoms with Gasteiger partial charge in [0.15, 0.2) is 7.05 Å². The fourth-order valence-corrected chi connectivity index (χ4v) is 0.692. The molecule has 1 aromatic carbocycles. The van der Waals surface area contributed by atoms with Crippen molar-refractivity contribution in [3.8, 4) is 0 Å². The second kappa shape index (κ2) is 11.2. The van der Waals surface area contributed by atoms with Crippen molar-refractivity contribution in [1.29, 1.82) is 0 Å². The lowest BCUT2D eigenvalue weighted by Gasteiger charge is -1.95. The first-order valence-electron chi connectivity index (χ1n) is 4.79. The summed E-state index contributed by atoms with van der Waals surface area (Å²) in [4.78, 5) is 19.1. The van der Waals surface area contributed by atoms with E-state index in [1.54, 1.807) is 24.3 Å². The zero-order chi connectivity index (χ0) is 13.0. The molecule has 0 spiro atoms. The summed E-state index contributed by atoms with van der Waals surface area (Å²) in [6.07, 6.45) is 0. The highest BCUT2D eigenvalue weighted by Crippen LogP contribution is 1.98. The first-order valence-corrected chi connectivity index (χ1v) is 4.79. The van der Waals surface area contributed by atoms with E-state index in [0.717, 1.165) is 7.05 Å². The molecule has 90 valence electrons. The van der Waals surface area contributed by atoms with Gasteiger partial charge in [-0.05, 0) is 12.1 Å². The number of hydrogen-bond donors (Lipinski definition) is 0. The van der Waals surface area contributed by atoms with Gasteiger partial charge < -0.3 is 4.74 Å². The summed E-state index contributed by atoms with van der Waals surface area (Å²) in [5.41, 5.74) is 0.588. The van der Waals surface area contributed by atoms with E-state index in [4.69, 9.17) is 10.1 Å². The van der Waals surface area contributed by atoms with Crippen molar-refractivity contribution in [3.05, 3.63) is 46.0 Å². The van der Waals surface area contributed by atoms with Crippen LogP contribution in [0.2, 0.25) is 0 Å². The number of nitrogens with zero attached hydrogens (tertiary/aromatic N) is 1. The molecule has 0 radical (unpaired) electrons. The van der Waals surface area contributed by atoms with Gasteiger partial charge in [0.1, 0.15) is 0 Å². The summed E-state index contributed by atoms with van der Waals surface area (Å²) < 4.78 is 4.50. The summed E-state index contributed by atoms with van der Waals surface area (Å²) in [6.45, 7) is 4.00. The van der Waals surface area contributed by atoms with Crippen LogP contribution in [0.1, 0.15) is 24.2 Å². The van der Waals surface area contributed by atoms with E-state index in [0.29, 0.717) is 5.56 Å². The molecule has 0 unspecified atom stereocenters. The Bertz CT molecular complexity index is 294. The van der Waals surface area contributed by atoms with Crippen LogP contribution < -0.4 is 0 Å². The van der Waals surface area contributed by atoms with Gasteiger partial charge in [0.25, 0.3) is 0 Å². The number of rotatable bonds is 1. The molecule has 0 bridgehead atoms. The smallest absolute Gasteiger partial charge is 0.337 e. The predicted octanol–water partition coefficient (Wildman–Crippen LogP) is 2.39. The average molecular weight is 227 g/mol. The Morgan fingerprint density at radius 2 is 1.62 bits per heavy atom. The molecule has 0 heterocycles. The molecular formula is C11H17NO4. The molecule has 0 fully saturated rings. The summed E-state index contributed by atoms with van der Waals surface area (Å²) in [7, 11) is 2.26. The van der Waals surface area contributed by atoms with Gasteiger partial charge in [0, 0.05) is 4.92 Å². The number of nitro groups is 1. The molecule has 0 atom stereocenters. The van der Waals surface area contributed by atoms with E-state index in [1.165, 1.54) is 7.11 Å². The summed E-state index contributed by atoms with van der Waals surface area (Å²) >= 11 is 0. The number of methoxy groups -OCH3 is 1. The lowest BCUT2D eigenvalue weighted by atomic mass is 10.2. The van der Waals surface area contributed by atoms with Gasteiger partial charge in [-0.15, -0.1) is 0 Å². The van der Waals surface area contributed by atoms with Gasteiger partial charge in [0.05, 0.1) is 12.7 Å². The molecule has 16 heavy (non-hydrogen) atoms. The average Bonchev–Trinajstić information content (AvgIpc) is 2.31. The van der Waals surface area contributed by atoms with E-state index in [9.17, 15) is 4.79 Å². The van der Waals surface area contributed by atoms with Gasteiger partial charge in [-0.2, -0.15) is 0 Å². The maximum Gasteiger partial charge on any atom is 0.337 e. The second-order valence-electron chi connectivity index (χ2n) is 2.30. The molecule has 0 amide bonds. The van der Waals surface area contributed by atoms with Crippen molar-refractivity contribution in [1.82, 2.24) is 0 Å². The Balaban J connectivity index is 0. The molecule has 1 aromatic rings. The van der Waals surface area contributed by atoms with Crippen LogP contribution in [0.4, 0.5) is 0 Å². The fraction of sp³-hybridized carbons (Fsp3) is 0.364. The molecule has 5 heteroatoms. The van der Waals surface area contributed by atoms with Crippen LogP contribution in [0.25, 0.3) is 0 Å². The largest absolute Gasteiger partial charge is 0.465 e. The van der Waals surface area contributed by atoms with Crippen molar-refractivity contribution in [2.45, 2.75) is 13.8 Å². The molecule has 0 aliphatic heterocycles. The van der Waals surface area contributed by atoms with Crippen LogP contribution in [0, 0.1) is 10.1 Å². The number of hydrogen-bond acceptors (Lipinski definition) is 4. The summed E-state index contributed by atoms with van der Waals surface area (Å²) in [5, 5.41) is 8.81. The first-order chi connectivity index (χ1) is 7.57. The predicted molar refractivity (Wildman–Crippen MR) is 62.0 cm³/mol. The van der Waals surface area contributed by atoms with Crippen LogP contribution in [0.3, 0.4) is 0 Å². The van der Waals surface area contributed by atoms with Crippen LogP contribution in [0.15, 0.2) is 30.3 Å². The minimum Gasteiger partial charge on any atom is -0.465 e. The van der Waals surface area contributed by atoms with Crippen molar-refractivity contribution < 1.29 is 14.5 Å². The third-order valence-electron chi connectivity index (χ3n) is 1.19. The van der Waals surface area contributed by atoms with Gasteiger partial charge in [-0.25, -0.2) is 4.79 Å². The van der Waals surface area contributed by atoms with E-state index in [-0.39, 0.29) is 5.97 Å². The minimum atomic E-state index is -0.500. The van der Waals surface area contributed by atoms with Gasteiger partial charge >= 0.3 is 5.97 Å². The van der Waals surface area contributed by atoms with Crippen LogP contribution in [-0.2, 0) is 4.74 Å². The Kier molecular flexibility index (Phi) is 11.5. The van der Waals surface area contributed by atoms with Crippen LogP contribution in [0.5, 0.6) is 0 Å². The SMILES string of the molecule is CC.COC(=O)c1ccccc1.C[N+](=O)[O-]. The highest BCUT2D eigenvalue weighted by Gasteiger charge is 2.00. The van der Waals surface area contributed by atoms with Crippen molar-refractivity contribution in [2.75, 3.05) is 14.2 Å². The molecule has 0 aromatic heterocycles. The van der Waals surface area contributed by atoms with Crippen molar-refractivity contribution in [2.24, 2.45) is 0 Å². The monoisotopic (exact) mass is 227 g/mol. The van der Waals surface area contributed by atoms with Crippen molar-refractivity contribution >= 4 is 5.97 Å². The second-order valence-corrected chi connectivity index (χ2v) is 2.30. The number of esters is 1. The maximum atomic E-state index is 10.8. The zero-order valence-corrected chi connectivity index (χ0v) is 9.97. The minimum absolute atomic E-state index is 0.291. The van der Waals surface area contributed by atoms with Crippen molar-refractivity contribution in [3.63, 3.8) is 0 Å². The van der Waals surface area contributed by atoms with E-state index < -0.39 is 4.92 Å². The van der Waals surface area contributed by atoms with Crippen LogP contribution in [-0.4, -0.2) is 25.1 Å². The van der Waals surface area contributed by atoms with Crippen LogP contribution >= 0.6 is 0 Å². The zero-order valence-electron chi connectivity index (χ0n) is 9.97. The number of carbonyl (C=O) groups is 1. The molecule has 1 rings (SSSR count). The van der Waals surface area contributed by atoms with Gasteiger partial charge in [0.2, 0.25) is 0 Å². The molecule has 0 N–H and O–H groups in total. The van der Waals surface area contributed by atoms with Gasteiger partial charge in [-0.1, -0.05) is 32.0 Å². The number of carbonyl (C=O) groups excluding carboxylic acids is 1. The molecule has 0 saturated carbocycles. The summed E-state index contributed by atoms with van der Waals surface area (Å²) in [5.74, 6) is -0.291. The highest BCUT2D eigenvalue weighted by atomic mass is 16.6.